The quantitative estimate of drug-likeness (QED) is 0.873. The van der Waals surface area contributed by atoms with E-state index in [1.807, 2.05) is 36.4 Å². The van der Waals surface area contributed by atoms with Crippen molar-refractivity contribution in [2.24, 2.45) is 0 Å². The summed E-state index contributed by atoms with van der Waals surface area (Å²) >= 11 is 0. The first-order valence-electron chi connectivity index (χ1n) is 9.05. The molecule has 0 aromatic heterocycles. The zero-order chi connectivity index (χ0) is 19.4. The summed E-state index contributed by atoms with van der Waals surface area (Å²) < 4.78 is 0. The third kappa shape index (κ3) is 4.58. The number of phenolic OH excluding ortho intramolecular Hbond substituents is 1. The van der Waals surface area contributed by atoms with E-state index in [1.54, 1.807) is 31.1 Å². The number of amides is 3. The summed E-state index contributed by atoms with van der Waals surface area (Å²) in [5, 5.41) is 12.7. The molecule has 3 rings (SSSR count). The highest BCUT2D eigenvalue weighted by atomic mass is 16.3. The van der Waals surface area contributed by atoms with Crippen molar-refractivity contribution in [3.05, 3.63) is 65.2 Å². The van der Waals surface area contributed by atoms with Gasteiger partial charge in [0, 0.05) is 27.2 Å². The number of hydrogen-bond donors (Lipinski definition) is 2. The van der Waals surface area contributed by atoms with Crippen LogP contribution in [0.4, 0.5) is 4.79 Å². The highest BCUT2D eigenvalue weighted by molar-refractivity contribution is 5.79. The molecular formula is C21H25N3O3. The van der Waals surface area contributed by atoms with Crippen LogP contribution in [0.15, 0.2) is 48.5 Å². The van der Waals surface area contributed by atoms with Gasteiger partial charge in [-0.3, -0.25) is 4.79 Å². The lowest BCUT2D eigenvalue weighted by Gasteiger charge is -2.31. The van der Waals surface area contributed by atoms with Gasteiger partial charge >= 0.3 is 6.03 Å². The van der Waals surface area contributed by atoms with Crippen LogP contribution < -0.4 is 5.32 Å². The smallest absolute Gasteiger partial charge is 0.318 e. The van der Waals surface area contributed by atoms with Gasteiger partial charge in [-0.25, -0.2) is 4.79 Å². The summed E-state index contributed by atoms with van der Waals surface area (Å²) in [6.07, 6.45) is 0.948. The molecule has 0 aliphatic carbocycles. The minimum atomic E-state index is -0.390. The van der Waals surface area contributed by atoms with Crippen LogP contribution >= 0.6 is 0 Å². The molecule has 0 bridgehead atoms. The number of carbonyl (C=O) groups excluding carboxylic acids is 2. The van der Waals surface area contributed by atoms with E-state index >= 15 is 0 Å². The number of urea groups is 1. The monoisotopic (exact) mass is 367 g/mol. The van der Waals surface area contributed by atoms with Crippen molar-refractivity contribution < 1.29 is 14.7 Å². The number of fused-ring (bicyclic) bond motifs is 1. The standard InChI is InChI=1S/C21H25N3O3/c1-23(2)20(26)13-19(16-6-4-3-5-7-16)22-21(27)24-11-10-15-8-9-18(25)12-17(15)14-24/h3-9,12,19,25H,10-11,13-14H2,1-2H3,(H,22,27). The molecule has 0 saturated carbocycles. The zero-order valence-electron chi connectivity index (χ0n) is 15.7. The zero-order valence-corrected chi connectivity index (χ0v) is 15.7. The maximum absolute atomic E-state index is 12.9. The van der Waals surface area contributed by atoms with Crippen LogP contribution in [0.25, 0.3) is 0 Å². The van der Waals surface area contributed by atoms with Crippen LogP contribution in [-0.4, -0.2) is 47.5 Å². The highest BCUT2D eigenvalue weighted by Crippen LogP contribution is 2.24. The van der Waals surface area contributed by atoms with Gasteiger partial charge < -0.3 is 20.2 Å². The molecule has 1 heterocycles. The van der Waals surface area contributed by atoms with Gasteiger partial charge in [0.2, 0.25) is 5.91 Å². The van der Waals surface area contributed by atoms with Gasteiger partial charge in [0.15, 0.2) is 0 Å². The first-order valence-corrected chi connectivity index (χ1v) is 9.05. The van der Waals surface area contributed by atoms with Crippen LogP contribution in [0.2, 0.25) is 0 Å². The highest BCUT2D eigenvalue weighted by Gasteiger charge is 2.25. The lowest BCUT2D eigenvalue weighted by molar-refractivity contribution is -0.129. The Labute approximate surface area is 159 Å². The molecule has 2 N–H and O–H groups in total. The van der Waals surface area contributed by atoms with Crippen LogP contribution in [0, 0.1) is 0 Å². The molecule has 142 valence electrons. The maximum Gasteiger partial charge on any atom is 0.318 e. The van der Waals surface area contributed by atoms with E-state index in [0.29, 0.717) is 13.1 Å². The van der Waals surface area contributed by atoms with Crippen LogP contribution in [0.1, 0.15) is 29.2 Å². The van der Waals surface area contributed by atoms with Gasteiger partial charge in [-0.15, -0.1) is 0 Å². The molecule has 1 atom stereocenters. The lowest BCUT2D eigenvalue weighted by Crippen LogP contribution is -2.44. The van der Waals surface area contributed by atoms with Gasteiger partial charge in [-0.1, -0.05) is 36.4 Å². The number of benzene rings is 2. The molecule has 27 heavy (non-hydrogen) atoms. The first-order chi connectivity index (χ1) is 12.9. The Balaban J connectivity index is 1.73. The number of nitrogens with zero attached hydrogens (tertiary/aromatic N) is 2. The van der Waals surface area contributed by atoms with E-state index in [2.05, 4.69) is 5.32 Å². The fourth-order valence-electron chi connectivity index (χ4n) is 3.25. The fraction of sp³-hybridized carbons (Fsp3) is 0.333. The molecule has 6 nitrogen and oxygen atoms in total. The second kappa shape index (κ2) is 8.12. The molecule has 0 fully saturated rings. The number of nitrogens with one attached hydrogen (secondary N) is 1. The summed E-state index contributed by atoms with van der Waals surface area (Å²) in [4.78, 5) is 28.3. The lowest BCUT2D eigenvalue weighted by atomic mass is 9.99. The summed E-state index contributed by atoms with van der Waals surface area (Å²) in [6, 6.07) is 14.2. The van der Waals surface area contributed by atoms with Crippen molar-refractivity contribution in [1.29, 1.82) is 0 Å². The Bertz CT molecular complexity index is 821. The molecule has 2 aromatic rings. The van der Waals surface area contributed by atoms with Crippen molar-refractivity contribution in [3.8, 4) is 5.75 Å². The number of phenols is 1. The van der Waals surface area contributed by atoms with Gasteiger partial charge in [-0.2, -0.15) is 0 Å². The minimum Gasteiger partial charge on any atom is -0.508 e. The predicted molar refractivity (Wildman–Crippen MR) is 103 cm³/mol. The van der Waals surface area contributed by atoms with E-state index < -0.39 is 0 Å². The van der Waals surface area contributed by atoms with Crippen LogP contribution in [-0.2, 0) is 17.8 Å². The Morgan fingerprint density at radius 2 is 1.89 bits per heavy atom. The van der Waals surface area contributed by atoms with E-state index in [4.69, 9.17) is 0 Å². The normalized spacial score (nSPS) is 14.2. The summed E-state index contributed by atoms with van der Waals surface area (Å²) in [5.74, 6) is 0.160. The van der Waals surface area contributed by atoms with Gasteiger partial charge in [0.25, 0.3) is 0 Å². The molecule has 0 saturated heterocycles. The molecular weight excluding hydrogens is 342 g/mol. The molecule has 6 heteroatoms. The number of aromatic hydroxyl groups is 1. The molecule has 0 radical (unpaired) electrons. The average molecular weight is 367 g/mol. The number of carbonyl (C=O) groups is 2. The number of rotatable bonds is 4. The van der Waals surface area contributed by atoms with Gasteiger partial charge in [0.05, 0.1) is 12.5 Å². The van der Waals surface area contributed by atoms with Crippen molar-refractivity contribution in [3.63, 3.8) is 0 Å². The summed E-state index contributed by atoms with van der Waals surface area (Å²) in [6.45, 7) is 1.05. The Kier molecular flexibility index (Phi) is 5.64. The Hall–Kier alpha value is -3.02. The second-order valence-corrected chi connectivity index (χ2v) is 7.03. The third-order valence-corrected chi connectivity index (χ3v) is 4.87. The van der Waals surface area contributed by atoms with Gasteiger partial charge in [-0.05, 0) is 35.2 Å². The van der Waals surface area contributed by atoms with E-state index in [9.17, 15) is 14.7 Å². The summed E-state index contributed by atoms with van der Waals surface area (Å²) in [5.41, 5.74) is 3.01. The SMILES string of the molecule is CN(C)C(=O)CC(NC(=O)N1CCc2ccc(O)cc2C1)c1ccccc1. The largest absolute Gasteiger partial charge is 0.508 e. The number of hydrogen-bond acceptors (Lipinski definition) is 3. The topological polar surface area (TPSA) is 72.9 Å². The third-order valence-electron chi connectivity index (χ3n) is 4.87. The maximum atomic E-state index is 12.9. The molecule has 1 aliphatic heterocycles. The molecule has 3 amide bonds. The Morgan fingerprint density at radius 1 is 1.15 bits per heavy atom. The summed E-state index contributed by atoms with van der Waals surface area (Å²) in [7, 11) is 3.42. The van der Waals surface area contributed by atoms with Crippen molar-refractivity contribution in [1.82, 2.24) is 15.1 Å². The second-order valence-electron chi connectivity index (χ2n) is 7.03. The van der Waals surface area contributed by atoms with Crippen molar-refractivity contribution in [2.45, 2.75) is 25.4 Å². The van der Waals surface area contributed by atoms with E-state index in [1.165, 1.54) is 4.90 Å². The van der Waals surface area contributed by atoms with Crippen LogP contribution in [0.5, 0.6) is 5.75 Å². The molecule has 1 aliphatic rings. The molecule has 0 spiro atoms. The fourth-order valence-corrected chi connectivity index (χ4v) is 3.25. The average Bonchev–Trinajstić information content (AvgIpc) is 2.67. The molecule has 2 aromatic carbocycles. The van der Waals surface area contributed by atoms with E-state index in [-0.39, 0.29) is 30.2 Å². The van der Waals surface area contributed by atoms with Gasteiger partial charge in [0.1, 0.15) is 5.75 Å². The Morgan fingerprint density at radius 3 is 2.59 bits per heavy atom. The van der Waals surface area contributed by atoms with Crippen molar-refractivity contribution >= 4 is 11.9 Å². The minimum absolute atomic E-state index is 0.0435. The van der Waals surface area contributed by atoms with Crippen molar-refractivity contribution in [2.75, 3.05) is 20.6 Å². The first kappa shape index (κ1) is 18.8. The van der Waals surface area contributed by atoms with E-state index in [0.717, 1.165) is 23.1 Å². The molecule has 1 unspecified atom stereocenters. The predicted octanol–water partition coefficient (Wildman–Crippen LogP) is 2.68. The van der Waals surface area contributed by atoms with Crippen LogP contribution in [0.3, 0.4) is 0 Å².